The predicted molar refractivity (Wildman–Crippen MR) is 100.0 cm³/mol. The molecule has 0 saturated heterocycles. The SMILES string of the molecule is Cc1ccc(Sc2ncnc(Oc3cc(C)cc(C)c3)c2[N+](=O)[O-])cc1. The molecule has 0 N–H and O–H groups in total. The Balaban J connectivity index is 1.98. The molecule has 0 saturated carbocycles. The van der Waals surface area contributed by atoms with Crippen LogP contribution in [0.5, 0.6) is 11.6 Å². The van der Waals surface area contributed by atoms with Crippen LogP contribution in [0.3, 0.4) is 0 Å². The molecule has 1 heterocycles. The molecule has 3 aromatic rings. The third kappa shape index (κ3) is 4.18. The van der Waals surface area contributed by atoms with Crippen molar-refractivity contribution >= 4 is 17.4 Å². The van der Waals surface area contributed by atoms with Gasteiger partial charge < -0.3 is 4.74 Å². The van der Waals surface area contributed by atoms with E-state index in [9.17, 15) is 10.1 Å². The van der Waals surface area contributed by atoms with Crippen LogP contribution in [0.1, 0.15) is 16.7 Å². The van der Waals surface area contributed by atoms with Crippen LogP contribution in [0.25, 0.3) is 0 Å². The number of ether oxygens (including phenoxy) is 1. The lowest BCUT2D eigenvalue weighted by Gasteiger charge is -2.09. The van der Waals surface area contributed by atoms with E-state index in [4.69, 9.17) is 4.74 Å². The first kappa shape index (κ1) is 17.9. The highest BCUT2D eigenvalue weighted by molar-refractivity contribution is 7.99. The summed E-state index contributed by atoms with van der Waals surface area (Å²) in [7, 11) is 0. The van der Waals surface area contributed by atoms with E-state index in [2.05, 4.69) is 9.97 Å². The standard InChI is InChI=1S/C19H17N3O3S/c1-12-4-6-16(7-5-12)26-19-17(22(23)24)18(20-11-21-19)25-15-9-13(2)8-14(3)10-15/h4-11H,1-3H3. The summed E-state index contributed by atoms with van der Waals surface area (Å²) in [5.41, 5.74) is 2.89. The molecule has 0 unspecified atom stereocenters. The molecule has 0 fully saturated rings. The van der Waals surface area contributed by atoms with Crippen molar-refractivity contribution in [3.05, 3.63) is 75.6 Å². The van der Waals surface area contributed by atoms with Gasteiger partial charge in [-0.2, -0.15) is 4.98 Å². The van der Waals surface area contributed by atoms with Gasteiger partial charge in [0.05, 0.1) is 4.92 Å². The van der Waals surface area contributed by atoms with Gasteiger partial charge in [-0.05, 0) is 56.2 Å². The largest absolute Gasteiger partial charge is 0.434 e. The molecule has 0 amide bonds. The number of hydrogen-bond acceptors (Lipinski definition) is 6. The second-order valence-electron chi connectivity index (χ2n) is 5.93. The van der Waals surface area contributed by atoms with Crippen molar-refractivity contribution in [2.24, 2.45) is 0 Å². The van der Waals surface area contributed by atoms with Crippen LogP contribution in [0.15, 0.2) is 58.7 Å². The highest BCUT2D eigenvalue weighted by atomic mass is 32.2. The number of benzene rings is 2. The van der Waals surface area contributed by atoms with Crippen molar-refractivity contribution in [2.75, 3.05) is 0 Å². The first-order chi connectivity index (χ1) is 12.4. The Labute approximate surface area is 155 Å². The quantitative estimate of drug-likeness (QED) is 0.348. The van der Waals surface area contributed by atoms with E-state index in [1.807, 2.05) is 63.2 Å². The average Bonchev–Trinajstić information content (AvgIpc) is 2.56. The zero-order chi connectivity index (χ0) is 18.7. The maximum atomic E-state index is 11.6. The fourth-order valence-corrected chi connectivity index (χ4v) is 3.33. The van der Waals surface area contributed by atoms with Gasteiger partial charge in [-0.15, -0.1) is 0 Å². The van der Waals surface area contributed by atoms with Gasteiger partial charge in [0.15, 0.2) is 5.03 Å². The summed E-state index contributed by atoms with van der Waals surface area (Å²) >= 11 is 1.21. The normalized spacial score (nSPS) is 10.6. The Morgan fingerprint density at radius 2 is 1.62 bits per heavy atom. The third-order valence-corrected chi connectivity index (χ3v) is 4.58. The molecule has 0 aliphatic carbocycles. The molecule has 1 aromatic heterocycles. The zero-order valence-electron chi connectivity index (χ0n) is 14.6. The molecular weight excluding hydrogens is 350 g/mol. The Morgan fingerprint density at radius 1 is 0.962 bits per heavy atom. The second-order valence-corrected chi connectivity index (χ2v) is 6.99. The molecule has 26 heavy (non-hydrogen) atoms. The van der Waals surface area contributed by atoms with Crippen LogP contribution in [0, 0.1) is 30.9 Å². The van der Waals surface area contributed by atoms with Crippen LogP contribution in [-0.2, 0) is 0 Å². The van der Waals surface area contributed by atoms with E-state index in [-0.39, 0.29) is 16.6 Å². The van der Waals surface area contributed by atoms with E-state index in [0.717, 1.165) is 21.6 Å². The van der Waals surface area contributed by atoms with E-state index >= 15 is 0 Å². The monoisotopic (exact) mass is 367 g/mol. The molecule has 2 aromatic carbocycles. The van der Waals surface area contributed by atoms with Gasteiger partial charge in [0.2, 0.25) is 0 Å². The molecule has 0 spiro atoms. The van der Waals surface area contributed by atoms with Crippen molar-refractivity contribution in [1.82, 2.24) is 9.97 Å². The Kier molecular flexibility index (Phi) is 5.18. The number of rotatable bonds is 5. The predicted octanol–water partition coefficient (Wildman–Crippen LogP) is 5.25. The molecule has 0 radical (unpaired) electrons. The van der Waals surface area contributed by atoms with Crippen molar-refractivity contribution in [2.45, 2.75) is 30.7 Å². The van der Waals surface area contributed by atoms with Crippen LogP contribution in [0.4, 0.5) is 5.69 Å². The van der Waals surface area contributed by atoms with Gasteiger partial charge in [0.25, 0.3) is 0 Å². The lowest BCUT2D eigenvalue weighted by atomic mass is 10.1. The molecular formula is C19H17N3O3S. The summed E-state index contributed by atoms with van der Waals surface area (Å²) in [4.78, 5) is 20.1. The fourth-order valence-electron chi connectivity index (χ4n) is 2.47. The minimum atomic E-state index is -0.505. The number of aryl methyl sites for hydroxylation is 3. The molecule has 0 atom stereocenters. The molecule has 0 aliphatic heterocycles. The first-order valence-corrected chi connectivity index (χ1v) is 8.74. The smallest absolute Gasteiger partial charge is 0.363 e. The Hall–Kier alpha value is -2.93. The summed E-state index contributed by atoms with van der Waals surface area (Å²) in [5.74, 6) is 0.445. The molecule has 0 aliphatic rings. The highest BCUT2D eigenvalue weighted by Crippen LogP contribution is 2.39. The molecule has 7 heteroatoms. The van der Waals surface area contributed by atoms with Crippen LogP contribution < -0.4 is 4.74 Å². The lowest BCUT2D eigenvalue weighted by Crippen LogP contribution is -2.00. The second kappa shape index (κ2) is 7.53. The van der Waals surface area contributed by atoms with Gasteiger partial charge in [-0.25, -0.2) is 4.98 Å². The maximum absolute atomic E-state index is 11.6. The zero-order valence-corrected chi connectivity index (χ0v) is 15.4. The Morgan fingerprint density at radius 3 is 2.23 bits per heavy atom. The summed E-state index contributed by atoms with van der Waals surface area (Å²) in [5, 5.41) is 11.9. The number of nitro groups is 1. The van der Waals surface area contributed by atoms with Gasteiger partial charge in [0, 0.05) is 4.90 Å². The van der Waals surface area contributed by atoms with E-state index in [1.54, 1.807) is 0 Å². The molecule has 0 bridgehead atoms. The van der Waals surface area contributed by atoms with Crippen LogP contribution >= 0.6 is 11.8 Å². The van der Waals surface area contributed by atoms with Crippen molar-refractivity contribution in [3.63, 3.8) is 0 Å². The summed E-state index contributed by atoms with van der Waals surface area (Å²) in [6.45, 7) is 5.86. The average molecular weight is 367 g/mol. The van der Waals surface area contributed by atoms with Gasteiger partial charge in [-0.3, -0.25) is 10.1 Å². The maximum Gasteiger partial charge on any atom is 0.363 e. The van der Waals surface area contributed by atoms with Crippen molar-refractivity contribution in [3.8, 4) is 11.6 Å². The van der Waals surface area contributed by atoms with Crippen LogP contribution in [0.2, 0.25) is 0 Å². The number of hydrogen-bond donors (Lipinski definition) is 0. The van der Waals surface area contributed by atoms with Crippen molar-refractivity contribution in [1.29, 1.82) is 0 Å². The van der Waals surface area contributed by atoms with Crippen molar-refractivity contribution < 1.29 is 9.66 Å². The molecule has 6 nitrogen and oxygen atoms in total. The number of nitrogens with zero attached hydrogens (tertiary/aromatic N) is 3. The fraction of sp³-hybridized carbons (Fsp3) is 0.158. The van der Waals surface area contributed by atoms with Gasteiger partial charge in [-0.1, -0.05) is 35.5 Å². The number of aromatic nitrogens is 2. The van der Waals surface area contributed by atoms with Gasteiger partial charge >= 0.3 is 11.6 Å². The summed E-state index contributed by atoms with van der Waals surface area (Å²) < 4.78 is 5.72. The topological polar surface area (TPSA) is 78.2 Å². The van der Waals surface area contributed by atoms with E-state index in [1.165, 1.54) is 18.1 Å². The van der Waals surface area contributed by atoms with E-state index < -0.39 is 4.92 Å². The molecule has 132 valence electrons. The minimum absolute atomic E-state index is 0.0652. The van der Waals surface area contributed by atoms with Gasteiger partial charge in [0.1, 0.15) is 12.1 Å². The van der Waals surface area contributed by atoms with E-state index in [0.29, 0.717) is 5.75 Å². The first-order valence-electron chi connectivity index (χ1n) is 7.92. The summed E-state index contributed by atoms with van der Waals surface area (Å²) in [6.07, 6.45) is 1.28. The lowest BCUT2D eigenvalue weighted by molar-refractivity contribution is -0.389. The minimum Gasteiger partial charge on any atom is -0.434 e. The summed E-state index contributed by atoms with van der Waals surface area (Å²) in [6, 6.07) is 13.3. The third-order valence-electron chi connectivity index (χ3n) is 3.58. The molecule has 3 rings (SSSR count). The van der Waals surface area contributed by atoms with Crippen LogP contribution in [-0.4, -0.2) is 14.9 Å². The Bertz CT molecular complexity index is 938. The highest BCUT2D eigenvalue weighted by Gasteiger charge is 2.25.